The summed E-state index contributed by atoms with van der Waals surface area (Å²) < 4.78 is 6.37. The van der Waals surface area contributed by atoms with E-state index in [1.165, 1.54) is 53.8 Å². The van der Waals surface area contributed by atoms with Gasteiger partial charge in [-0.2, -0.15) is 0 Å². The Morgan fingerprint density at radius 1 is 0.800 bits per heavy atom. The summed E-state index contributed by atoms with van der Waals surface area (Å²) in [5.41, 5.74) is 5.27. The fourth-order valence-corrected chi connectivity index (χ4v) is 5.30. The summed E-state index contributed by atoms with van der Waals surface area (Å²) in [6, 6.07) is 23.6. The van der Waals surface area contributed by atoms with Crippen LogP contribution in [0.2, 0.25) is 0 Å². The first-order valence-electron chi connectivity index (χ1n) is 11.0. The van der Waals surface area contributed by atoms with Gasteiger partial charge in [0.05, 0.1) is 5.69 Å². The Labute approximate surface area is 177 Å². The van der Waals surface area contributed by atoms with Crippen molar-refractivity contribution in [2.45, 2.75) is 37.4 Å². The maximum absolute atomic E-state index is 6.37. The zero-order valence-electron chi connectivity index (χ0n) is 17.3. The molecule has 3 aromatic carbocycles. The highest BCUT2D eigenvalue weighted by atomic mass is 16.3. The molecule has 0 atom stereocenters. The predicted octanol–water partition coefficient (Wildman–Crippen LogP) is 6.59. The van der Waals surface area contributed by atoms with E-state index >= 15 is 0 Å². The van der Waals surface area contributed by atoms with Crippen LogP contribution in [0.1, 0.15) is 37.7 Å². The van der Waals surface area contributed by atoms with E-state index in [9.17, 15) is 0 Å². The average Bonchev–Trinajstić information content (AvgIpc) is 3.19. The summed E-state index contributed by atoms with van der Waals surface area (Å²) in [7, 11) is 2.40. The Bertz CT molecular complexity index is 1380. The number of fused-ring (bicyclic) bond motifs is 5. The molecule has 2 heterocycles. The summed E-state index contributed by atoms with van der Waals surface area (Å²) in [5.74, 6) is 0. The number of pyridine rings is 1. The fraction of sp³-hybridized carbons (Fsp3) is 0.222. The van der Waals surface area contributed by atoms with E-state index in [-0.39, 0.29) is 5.31 Å². The van der Waals surface area contributed by atoms with E-state index in [1.807, 2.05) is 0 Å². The third kappa shape index (κ3) is 2.69. The molecule has 1 aliphatic carbocycles. The van der Waals surface area contributed by atoms with Gasteiger partial charge in [-0.25, -0.2) is 0 Å². The van der Waals surface area contributed by atoms with Crippen molar-refractivity contribution in [3.05, 3.63) is 78.5 Å². The van der Waals surface area contributed by atoms with Crippen molar-refractivity contribution in [3.63, 3.8) is 0 Å². The highest BCUT2D eigenvalue weighted by molar-refractivity contribution is 6.20. The normalized spacial score (nSPS) is 16.4. The number of aromatic nitrogens is 1. The topological polar surface area (TPSA) is 26.0 Å². The van der Waals surface area contributed by atoms with Crippen LogP contribution >= 0.6 is 0 Å². The van der Waals surface area contributed by atoms with Gasteiger partial charge >= 0.3 is 0 Å². The maximum Gasteiger partial charge on any atom is 0.144 e. The van der Waals surface area contributed by atoms with E-state index in [4.69, 9.17) is 9.40 Å². The van der Waals surface area contributed by atoms with E-state index < -0.39 is 0 Å². The van der Waals surface area contributed by atoms with Crippen LogP contribution in [0.15, 0.2) is 77.3 Å². The lowest BCUT2D eigenvalue weighted by Crippen LogP contribution is -2.29. The van der Waals surface area contributed by atoms with E-state index in [0.29, 0.717) is 0 Å². The molecule has 146 valence electrons. The second kappa shape index (κ2) is 6.73. The first kappa shape index (κ1) is 17.8. The van der Waals surface area contributed by atoms with Crippen molar-refractivity contribution in [1.82, 2.24) is 4.98 Å². The van der Waals surface area contributed by atoms with Gasteiger partial charge in [-0.3, -0.25) is 4.98 Å². The number of benzene rings is 3. The van der Waals surface area contributed by atoms with Crippen molar-refractivity contribution >= 4 is 40.6 Å². The van der Waals surface area contributed by atoms with E-state index in [1.54, 1.807) is 0 Å². The minimum Gasteiger partial charge on any atom is -0.455 e. The molecule has 0 spiro atoms. The first-order valence-corrected chi connectivity index (χ1v) is 11.0. The summed E-state index contributed by atoms with van der Waals surface area (Å²) in [6.45, 7) is 0. The fourth-order valence-electron chi connectivity index (χ4n) is 5.30. The quantitative estimate of drug-likeness (QED) is 0.318. The third-order valence-corrected chi connectivity index (χ3v) is 7.08. The number of hydrogen-bond acceptors (Lipinski definition) is 2. The Morgan fingerprint density at radius 3 is 2.47 bits per heavy atom. The van der Waals surface area contributed by atoms with Crippen LogP contribution in [-0.2, 0) is 5.31 Å². The van der Waals surface area contributed by atoms with Gasteiger partial charge in [-0.1, -0.05) is 80.6 Å². The molecule has 5 aromatic rings. The van der Waals surface area contributed by atoms with E-state index in [0.717, 1.165) is 27.8 Å². The molecular formula is C27H24BNO. The molecule has 0 N–H and O–H groups in total. The molecule has 30 heavy (non-hydrogen) atoms. The molecule has 6 rings (SSSR count). The lowest BCUT2D eigenvalue weighted by atomic mass is 9.57. The zero-order chi connectivity index (χ0) is 20.1. The minimum absolute atomic E-state index is 0.272. The van der Waals surface area contributed by atoms with Crippen LogP contribution in [0.25, 0.3) is 44.0 Å². The van der Waals surface area contributed by atoms with Crippen molar-refractivity contribution in [3.8, 4) is 11.3 Å². The molecule has 1 saturated carbocycles. The Balaban J connectivity index is 1.50. The first-order chi connectivity index (χ1) is 14.7. The second-order valence-corrected chi connectivity index (χ2v) is 9.00. The van der Waals surface area contributed by atoms with Gasteiger partial charge in [0, 0.05) is 22.5 Å². The molecule has 0 aliphatic heterocycles. The number of rotatable bonds is 2. The summed E-state index contributed by atoms with van der Waals surface area (Å²) >= 11 is 0. The summed E-state index contributed by atoms with van der Waals surface area (Å²) in [4.78, 5) is 4.89. The number of para-hydroxylation sites is 1. The molecule has 0 unspecified atom stereocenters. The van der Waals surface area contributed by atoms with Gasteiger partial charge in [0.25, 0.3) is 0 Å². The molecule has 2 aromatic heterocycles. The largest absolute Gasteiger partial charge is 0.455 e. The van der Waals surface area contributed by atoms with Gasteiger partial charge in [0.15, 0.2) is 0 Å². The van der Waals surface area contributed by atoms with Crippen LogP contribution in [-0.4, -0.2) is 12.8 Å². The van der Waals surface area contributed by atoms with Gasteiger partial charge in [0.1, 0.15) is 19.0 Å². The molecular weight excluding hydrogens is 365 g/mol. The Morgan fingerprint density at radius 2 is 1.63 bits per heavy atom. The molecule has 0 bridgehead atoms. The predicted molar refractivity (Wildman–Crippen MR) is 128 cm³/mol. The third-order valence-electron chi connectivity index (χ3n) is 7.08. The van der Waals surface area contributed by atoms with Crippen LogP contribution in [0, 0.1) is 0 Å². The molecule has 0 amide bonds. The molecule has 1 fully saturated rings. The zero-order valence-corrected chi connectivity index (χ0v) is 17.3. The number of furan rings is 1. The van der Waals surface area contributed by atoms with Crippen molar-refractivity contribution in [1.29, 1.82) is 0 Å². The van der Waals surface area contributed by atoms with Gasteiger partial charge in [-0.15, -0.1) is 0 Å². The highest BCUT2D eigenvalue weighted by Gasteiger charge is 2.29. The monoisotopic (exact) mass is 389 g/mol. The lowest BCUT2D eigenvalue weighted by Gasteiger charge is -2.34. The van der Waals surface area contributed by atoms with E-state index in [2.05, 4.69) is 80.8 Å². The average molecular weight is 389 g/mol. The number of nitrogens with zero attached hydrogens (tertiary/aromatic N) is 1. The highest BCUT2D eigenvalue weighted by Crippen LogP contribution is 2.40. The smallest absolute Gasteiger partial charge is 0.144 e. The lowest BCUT2D eigenvalue weighted by molar-refractivity contribution is 0.397. The number of hydrogen-bond donors (Lipinski definition) is 0. The summed E-state index contributed by atoms with van der Waals surface area (Å²) in [6.07, 6.45) is 8.64. The van der Waals surface area contributed by atoms with Crippen molar-refractivity contribution in [2.24, 2.45) is 0 Å². The van der Waals surface area contributed by atoms with Crippen LogP contribution in [0.3, 0.4) is 0 Å². The van der Waals surface area contributed by atoms with Gasteiger partial charge in [-0.05, 0) is 39.8 Å². The van der Waals surface area contributed by atoms with Gasteiger partial charge < -0.3 is 4.42 Å². The molecule has 0 saturated heterocycles. The molecule has 2 nitrogen and oxygen atoms in total. The van der Waals surface area contributed by atoms with Gasteiger partial charge in [0.2, 0.25) is 0 Å². The van der Waals surface area contributed by atoms with Crippen LogP contribution in [0.4, 0.5) is 0 Å². The van der Waals surface area contributed by atoms with Crippen LogP contribution < -0.4 is 0 Å². The second-order valence-electron chi connectivity index (χ2n) is 9.00. The Kier molecular flexibility index (Phi) is 3.99. The Hall–Kier alpha value is -3.07. The van der Waals surface area contributed by atoms with Crippen molar-refractivity contribution in [2.75, 3.05) is 0 Å². The molecule has 1 aliphatic rings. The standard InChI is InChI=1S/C27H24BNO/c28-27(15-4-1-5-16-27)19-12-13-23(29-17-19)21-9-6-10-22-25-20-8-3-2-7-18(20)11-14-24(25)30-26(21)22/h2-3,6-14,17H,1,4-5,15-16,28H2. The van der Waals surface area contributed by atoms with Crippen molar-refractivity contribution < 1.29 is 4.42 Å². The molecule has 0 radical (unpaired) electrons. The minimum atomic E-state index is 0.272. The van der Waals surface area contributed by atoms with Crippen LogP contribution in [0.5, 0.6) is 0 Å². The SMILES string of the molecule is BC1(c2ccc(-c3cccc4c3oc3ccc5ccccc5c34)nc2)CCCCC1. The maximum atomic E-state index is 6.37. The summed E-state index contributed by atoms with van der Waals surface area (Å²) in [5, 5.41) is 5.09. The molecule has 3 heteroatoms.